The Morgan fingerprint density at radius 3 is 2.38 bits per heavy atom. The highest BCUT2D eigenvalue weighted by Crippen LogP contribution is 2.28. The summed E-state index contributed by atoms with van der Waals surface area (Å²) in [4.78, 5) is 11.8. The summed E-state index contributed by atoms with van der Waals surface area (Å²) in [5, 5.41) is 12.0. The van der Waals surface area contributed by atoms with Gasteiger partial charge < -0.3 is 10.4 Å². The third-order valence-electron chi connectivity index (χ3n) is 3.60. The van der Waals surface area contributed by atoms with Crippen LogP contribution >= 0.6 is 0 Å². The number of benzene rings is 1. The number of carbonyl (C=O) groups excluding carboxylic acids is 1. The first-order valence-corrected chi connectivity index (χ1v) is 7.22. The minimum absolute atomic E-state index is 0.443. The number of hydrogen-bond donors (Lipinski definition) is 2. The van der Waals surface area contributed by atoms with Gasteiger partial charge in [-0.15, -0.1) is 0 Å². The lowest BCUT2D eigenvalue weighted by Gasteiger charge is -2.27. The molecular weight excluding hydrogens is 276 g/mol. The summed E-state index contributed by atoms with van der Waals surface area (Å²) in [6.07, 6.45) is -0.852. The highest BCUT2D eigenvalue weighted by atomic mass is 19.3. The van der Waals surface area contributed by atoms with Gasteiger partial charge in [-0.25, -0.2) is 0 Å². The Kier molecular flexibility index (Phi) is 6.27. The molecule has 0 radical (unpaired) electrons. The molecule has 3 atom stereocenters. The Labute approximate surface area is 124 Å². The molecule has 1 rings (SSSR count). The van der Waals surface area contributed by atoms with Crippen LogP contribution in [-0.2, 0) is 4.79 Å². The summed E-state index contributed by atoms with van der Waals surface area (Å²) < 4.78 is 28.0. The highest BCUT2D eigenvalue weighted by molar-refractivity contribution is 5.84. The smallest absolute Gasteiger partial charge is 0.349 e. The fourth-order valence-electron chi connectivity index (χ4n) is 2.22. The van der Waals surface area contributed by atoms with E-state index in [2.05, 4.69) is 5.32 Å². The molecule has 0 saturated carbocycles. The van der Waals surface area contributed by atoms with Crippen LogP contribution in [-0.4, -0.2) is 23.0 Å². The molecule has 0 heterocycles. The minimum atomic E-state index is -3.79. The molecule has 0 aliphatic heterocycles. The predicted octanol–water partition coefficient (Wildman–Crippen LogP) is 3.30. The number of aliphatic hydroxyl groups excluding tert-OH is 1. The second-order valence-corrected chi connectivity index (χ2v) is 5.44. The van der Waals surface area contributed by atoms with Gasteiger partial charge in [-0.1, -0.05) is 50.6 Å². The van der Waals surface area contributed by atoms with Gasteiger partial charge in [-0.3, -0.25) is 4.79 Å². The monoisotopic (exact) mass is 299 g/mol. The van der Waals surface area contributed by atoms with Gasteiger partial charge in [0.1, 0.15) is 6.10 Å². The fourth-order valence-corrected chi connectivity index (χ4v) is 2.22. The average Bonchev–Trinajstić information content (AvgIpc) is 2.47. The number of carbonyl (C=O) groups is 1. The molecule has 1 aromatic rings. The fraction of sp³-hybridized carbons (Fsp3) is 0.562. The van der Waals surface area contributed by atoms with Crippen molar-refractivity contribution in [2.24, 2.45) is 5.92 Å². The Morgan fingerprint density at radius 2 is 1.86 bits per heavy atom. The SMILES string of the molecule is CCC[C@H](C)[C@@H](O)C(F)(F)C(=O)N[C@@H](C)c1ccccc1. The van der Waals surface area contributed by atoms with E-state index in [1.807, 2.05) is 13.0 Å². The molecule has 1 amide bonds. The largest absolute Gasteiger partial charge is 0.386 e. The van der Waals surface area contributed by atoms with Crippen molar-refractivity contribution in [2.75, 3.05) is 0 Å². The van der Waals surface area contributed by atoms with Gasteiger partial charge in [-0.2, -0.15) is 8.78 Å². The lowest BCUT2D eigenvalue weighted by molar-refractivity contribution is -0.170. The summed E-state index contributed by atoms with van der Waals surface area (Å²) >= 11 is 0. The van der Waals surface area contributed by atoms with Crippen molar-refractivity contribution in [3.8, 4) is 0 Å². The van der Waals surface area contributed by atoms with E-state index < -0.39 is 29.9 Å². The minimum Gasteiger partial charge on any atom is -0.386 e. The van der Waals surface area contributed by atoms with E-state index in [0.29, 0.717) is 12.8 Å². The summed E-state index contributed by atoms with van der Waals surface area (Å²) in [6, 6.07) is 8.31. The van der Waals surface area contributed by atoms with Crippen LogP contribution in [0.5, 0.6) is 0 Å². The zero-order chi connectivity index (χ0) is 16.0. The van der Waals surface area contributed by atoms with E-state index in [0.717, 1.165) is 5.56 Å². The van der Waals surface area contributed by atoms with Crippen molar-refractivity contribution in [3.63, 3.8) is 0 Å². The van der Waals surface area contributed by atoms with Crippen LogP contribution in [0.4, 0.5) is 8.78 Å². The van der Waals surface area contributed by atoms with Crippen molar-refractivity contribution in [1.82, 2.24) is 5.32 Å². The molecule has 3 nitrogen and oxygen atoms in total. The molecular formula is C16H23F2NO2. The van der Waals surface area contributed by atoms with Gasteiger partial charge in [0.25, 0.3) is 5.91 Å². The molecule has 0 aromatic heterocycles. The maximum absolute atomic E-state index is 14.0. The molecule has 0 aliphatic rings. The summed E-state index contributed by atoms with van der Waals surface area (Å²) in [5.74, 6) is -5.87. The maximum Gasteiger partial charge on any atom is 0.349 e. The number of hydrogen-bond acceptors (Lipinski definition) is 2. The van der Waals surface area contributed by atoms with E-state index >= 15 is 0 Å². The molecule has 0 fully saturated rings. The lowest BCUT2D eigenvalue weighted by Crippen LogP contribution is -2.51. The van der Waals surface area contributed by atoms with Gasteiger partial charge >= 0.3 is 5.92 Å². The zero-order valence-corrected chi connectivity index (χ0v) is 12.6. The molecule has 0 aliphatic carbocycles. The van der Waals surface area contributed by atoms with E-state index in [-0.39, 0.29) is 0 Å². The first-order chi connectivity index (χ1) is 9.80. The standard InChI is InChI=1S/C16H23F2NO2/c1-4-8-11(2)14(20)16(17,18)15(21)19-12(3)13-9-6-5-7-10-13/h5-7,9-12,14,20H,4,8H2,1-3H3,(H,19,21)/t11-,12-,14+/m0/s1. The lowest BCUT2D eigenvalue weighted by atomic mass is 9.94. The molecule has 2 N–H and O–H groups in total. The number of aliphatic hydroxyl groups is 1. The van der Waals surface area contributed by atoms with Crippen LogP contribution in [0.2, 0.25) is 0 Å². The van der Waals surface area contributed by atoms with Crippen molar-refractivity contribution < 1.29 is 18.7 Å². The van der Waals surface area contributed by atoms with Crippen molar-refractivity contribution >= 4 is 5.91 Å². The third kappa shape index (κ3) is 4.49. The molecule has 0 saturated heterocycles. The molecule has 21 heavy (non-hydrogen) atoms. The first kappa shape index (κ1) is 17.6. The second kappa shape index (κ2) is 7.50. The van der Waals surface area contributed by atoms with Gasteiger partial charge in [0.15, 0.2) is 0 Å². The Morgan fingerprint density at radius 1 is 1.29 bits per heavy atom. The van der Waals surface area contributed by atoms with E-state index in [9.17, 15) is 18.7 Å². The average molecular weight is 299 g/mol. The number of nitrogens with one attached hydrogen (secondary N) is 1. The summed E-state index contributed by atoms with van der Waals surface area (Å²) in [5.41, 5.74) is 0.734. The first-order valence-electron chi connectivity index (χ1n) is 7.22. The van der Waals surface area contributed by atoms with Crippen LogP contribution < -0.4 is 5.32 Å². The van der Waals surface area contributed by atoms with Crippen molar-refractivity contribution in [2.45, 2.75) is 51.7 Å². The van der Waals surface area contributed by atoms with Crippen molar-refractivity contribution in [1.29, 1.82) is 0 Å². The maximum atomic E-state index is 14.0. The number of amides is 1. The van der Waals surface area contributed by atoms with Gasteiger partial charge in [0.05, 0.1) is 6.04 Å². The molecule has 0 spiro atoms. The van der Waals surface area contributed by atoms with E-state index in [1.165, 1.54) is 6.92 Å². The van der Waals surface area contributed by atoms with E-state index in [4.69, 9.17) is 0 Å². The van der Waals surface area contributed by atoms with Crippen LogP contribution in [0.1, 0.15) is 45.2 Å². The van der Waals surface area contributed by atoms with Crippen LogP contribution in [0.3, 0.4) is 0 Å². The van der Waals surface area contributed by atoms with Crippen LogP contribution in [0.25, 0.3) is 0 Å². The normalized spacial score (nSPS) is 16.1. The van der Waals surface area contributed by atoms with Gasteiger partial charge in [0.2, 0.25) is 0 Å². The van der Waals surface area contributed by atoms with Gasteiger partial charge in [0, 0.05) is 0 Å². The molecule has 1 aromatic carbocycles. The Balaban J connectivity index is 2.73. The van der Waals surface area contributed by atoms with E-state index in [1.54, 1.807) is 31.2 Å². The van der Waals surface area contributed by atoms with Crippen LogP contribution in [0, 0.1) is 5.92 Å². The number of alkyl halides is 2. The zero-order valence-electron chi connectivity index (χ0n) is 12.6. The topological polar surface area (TPSA) is 49.3 Å². The molecule has 0 unspecified atom stereocenters. The third-order valence-corrected chi connectivity index (χ3v) is 3.60. The van der Waals surface area contributed by atoms with Crippen LogP contribution in [0.15, 0.2) is 30.3 Å². The Bertz CT molecular complexity index is 451. The number of halogens is 2. The summed E-state index contributed by atoms with van der Waals surface area (Å²) in [6.45, 7) is 5.00. The van der Waals surface area contributed by atoms with Gasteiger partial charge in [-0.05, 0) is 24.8 Å². The second-order valence-electron chi connectivity index (χ2n) is 5.44. The molecule has 5 heteroatoms. The number of rotatable bonds is 7. The predicted molar refractivity (Wildman–Crippen MR) is 78.0 cm³/mol. The Hall–Kier alpha value is -1.49. The van der Waals surface area contributed by atoms with Crippen molar-refractivity contribution in [3.05, 3.63) is 35.9 Å². The highest BCUT2D eigenvalue weighted by Gasteiger charge is 2.48. The molecule has 0 bridgehead atoms. The summed E-state index contributed by atoms with van der Waals surface area (Å²) in [7, 11) is 0. The molecule has 118 valence electrons. The quantitative estimate of drug-likeness (QED) is 0.811.